The summed E-state index contributed by atoms with van der Waals surface area (Å²) in [6.07, 6.45) is 0. The second kappa shape index (κ2) is 7.86. The van der Waals surface area contributed by atoms with E-state index in [1.54, 1.807) is 18.1 Å². The summed E-state index contributed by atoms with van der Waals surface area (Å²) in [6.45, 7) is 1.38. The Morgan fingerprint density at radius 2 is 2.00 bits per heavy atom. The number of nitrogens with zero attached hydrogens (tertiary/aromatic N) is 2. The maximum absolute atomic E-state index is 12.2. The third-order valence-corrected chi connectivity index (χ3v) is 4.21. The molecule has 1 aliphatic heterocycles. The minimum absolute atomic E-state index is 0.00102. The highest BCUT2D eigenvalue weighted by Crippen LogP contribution is 2.36. The maximum Gasteiger partial charge on any atom is 0.248 e. The van der Waals surface area contributed by atoms with E-state index in [0.717, 1.165) is 10.9 Å². The van der Waals surface area contributed by atoms with Gasteiger partial charge in [0.05, 0.1) is 12.1 Å². The molecule has 3 rings (SSSR count). The summed E-state index contributed by atoms with van der Waals surface area (Å²) < 4.78 is 20.8. The third kappa shape index (κ3) is 3.95. The largest absolute Gasteiger partial charge is 0.454 e. The molecule has 0 radical (unpaired) electrons. The number of amides is 1. The zero-order valence-corrected chi connectivity index (χ0v) is 14.8. The number of methoxy groups -OCH3 is 2. The standard InChI is InChI=1S/C17H19ClN2O5/c1-22-4-3-20(16(21)9-23-2)8-12-5-11-6-14-15(25-10-24-14)7-13(11)19-17(12)18/h5-7H,3-4,8-10H2,1-2H3. The van der Waals surface area contributed by atoms with Crippen molar-refractivity contribution in [1.29, 1.82) is 0 Å². The molecule has 0 N–H and O–H groups in total. The van der Waals surface area contributed by atoms with Crippen molar-refractivity contribution < 1.29 is 23.7 Å². The summed E-state index contributed by atoms with van der Waals surface area (Å²) in [5.41, 5.74) is 1.46. The van der Waals surface area contributed by atoms with Gasteiger partial charge < -0.3 is 23.8 Å². The molecule has 0 bridgehead atoms. The molecule has 2 heterocycles. The Morgan fingerprint density at radius 3 is 2.72 bits per heavy atom. The number of hydrogen-bond acceptors (Lipinski definition) is 6. The number of hydrogen-bond donors (Lipinski definition) is 0. The first-order chi connectivity index (χ1) is 12.1. The molecule has 1 aromatic heterocycles. The van der Waals surface area contributed by atoms with Crippen LogP contribution in [0.5, 0.6) is 11.5 Å². The van der Waals surface area contributed by atoms with Gasteiger partial charge in [-0.25, -0.2) is 4.98 Å². The van der Waals surface area contributed by atoms with E-state index in [9.17, 15) is 4.79 Å². The van der Waals surface area contributed by atoms with E-state index in [0.29, 0.717) is 41.9 Å². The van der Waals surface area contributed by atoms with Gasteiger partial charge in [0.1, 0.15) is 11.8 Å². The molecule has 2 aromatic rings. The highest BCUT2D eigenvalue weighted by Gasteiger charge is 2.19. The number of ether oxygens (including phenoxy) is 4. The molecule has 0 saturated carbocycles. The van der Waals surface area contributed by atoms with Crippen molar-refractivity contribution in [2.75, 3.05) is 40.8 Å². The van der Waals surface area contributed by atoms with Gasteiger partial charge >= 0.3 is 0 Å². The third-order valence-electron chi connectivity index (χ3n) is 3.88. The summed E-state index contributed by atoms with van der Waals surface area (Å²) in [6, 6.07) is 5.57. The number of carbonyl (C=O) groups excluding carboxylic acids is 1. The molecule has 1 amide bonds. The van der Waals surface area contributed by atoms with Gasteiger partial charge in [-0.2, -0.15) is 0 Å². The van der Waals surface area contributed by atoms with Crippen molar-refractivity contribution in [1.82, 2.24) is 9.88 Å². The molecule has 1 aromatic carbocycles. The molecule has 0 spiro atoms. The summed E-state index contributed by atoms with van der Waals surface area (Å²) in [5.74, 6) is 1.19. The van der Waals surface area contributed by atoms with Crippen LogP contribution in [0.3, 0.4) is 0 Å². The van der Waals surface area contributed by atoms with Crippen LogP contribution in [0.4, 0.5) is 0 Å². The Hall–Kier alpha value is -2.09. The SMILES string of the molecule is COCCN(Cc1cc2cc3c(cc2nc1Cl)OCO3)C(=O)COC. The molecule has 0 aliphatic carbocycles. The molecule has 0 unspecified atom stereocenters. The summed E-state index contributed by atoms with van der Waals surface area (Å²) >= 11 is 6.33. The normalized spacial score (nSPS) is 12.6. The quantitative estimate of drug-likeness (QED) is 0.700. The van der Waals surface area contributed by atoms with Crippen LogP contribution in [-0.2, 0) is 20.8 Å². The predicted molar refractivity (Wildman–Crippen MR) is 92.0 cm³/mol. The van der Waals surface area contributed by atoms with E-state index in [4.69, 9.17) is 30.5 Å². The maximum atomic E-state index is 12.2. The summed E-state index contributed by atoms with van der Waals surface area (Å²) in [7, 11) is 3.08. The minimum atomic E-state index is -0.138. The van der Waals surface area contributed by atoms with Crippen LogP contribution in [0.2, 0.25) is 5.15 Å². The Morgan fingerprint density at radius 1 is 1.24 bits per heavy atom. The van der Waals surface area contributed by atoms with Gasteiger partial charge in [-0.15, -0.1) is 0 Å². The average Bonchev–Trinajstić information content (AvgIpc) is 3.04. The fourth-order valence-corrected chi connectivity index (χ4v) is 2.81. The molecule has 1 aliphatic rings. The topological polar surface area (TPSA) is 70.1 Å². The highest BCUT2D eigenvalue weighted by molar-refractivity contribution is 6.30. The van der Waals surface area contributed by atoms with Crippen LogP contribution in [0, 0.1) is 0 Å². The molecule has 7 nitrogen and oxygen atoms in total. The molecule has 0 saturated heterocycles. The van der Waals surface area contributed by atoms with Crippen molar-refractivity contribution in [3.05, 3.63) is 28.9 Å². The molecule has 8 heteroatoms. The van der Waals surface area contributed by atoms with Gasteiger partial charge in [-0.3, -0.25) is 4.79 Å². The van der Waals surface area contributed by atoms with E-state index >= 15 is 0 Å². The van der Waals surface area contributed by atoms with Gasteiger partial charge in [0.2, 0.25) is 12.7 Å². The predicted octanol–water partition coefficient (Wildman–Crippen LogP) is 2.24. The number of pyridine rings is 1. The fourth-order valence-electron chi connectivity index (χ4n) is 2.61. The fraction of sp³-hybridized carbons (Fsp3) is 0.412. The Balaban J connectivity index is 1.89. The lowest BCUT2D eigenvalue weighted by molar-refractivity contribution is -0.136. The van der Waals surface area contributed by atoms with Crippen LogP contribution in [0.15, 0.2) is 18.2 Å². The minimum Gasteiger partial charge on any atom is -0.454 e. The van der Waals surface area contributed by atoms with Crippen molar-refractivity contribution in [2.45, 2.75) is 6.54 Å². The van der Waals surface area contributed by atoms with Crippen LogP contribution in [0.25, 0.3) is 10.9 Å². The van der Waals surface area contributed by atoms with Crippen molar-refractivity contribution in [3.8, 4) is 11.5 Å². The second-order valence-electron chi connectivity index (χ2n) is 5.58. The number of halogens is 1. The van der Waals surface area contributed by atoms with Gasteiger partial charge in [0.15, 0.2) is 11.5 Å². The van der Waals surface area contributed by atoms with Crippen molar-refractivity contribution in [3.63, 3.8) is 0 Å². The van der Waals surface area contributed by atoms with Crippen LogP contribution in [-0.4, -0.2) is 56.6 Å². The van der Waals surface area contributed by atoms with E-state index in [1.807, 2.05) is 12.1 Å². The van der Waals surface area contributed by atoms with Crippen molar-refractivity contribution >= 4 is 28.4 Å². The number of rotatable bonds is 7. The second-order valence-corrected chi connectivity index (χ2v) is 5.94. The number of carbonyl (C=O) groups is 1. The van der Waals surface area contributed by atoms with Gasteiger partial charge in [-0.05, 0) is 12.1 Å². The smallest absolute Gasteiger partial charge is 0.248 e. The van der Waals surface area contributed by atoms with Gasteiger partial charge in [-0.1, -0.05) is 11.6 Å². The van der Waals surface area contributed by atoms with E-state index in [-0.39, 0.29) is 19.3 Å². The molecule has 0 atom stereocenters. The number of benzene rings is 1. The van der Waals surface area contributed by atoms with Crippen LogP contribution < -0.4 is 9.47 Å². The number of aromatic nitrogens is 1. The average molecular weight is 367 g/mol. The zero-order chi connectivity index (χ0) is 17.8. The first-order valence-electron chi connectivity index (χ1n) is 7.76. The lowest BCUT2D eigenvalue weighted by atomic mass is 10.1. The first kappa shape index (κ1) is 17.7. The van der Waals surface area contributed by atoms with Gasteiger partial charge in [0.25, 0.3) is 0 Å². The Labute approximate surface area is 150 Å². The van der Waals surface area contributed by atoms with E-state index in [1.165, 1.54) is 7.11 Å². The molecule has 0 fully saturated rings. The summed E-state index contributed by atoms with van der Waals surface area (Å²) in [5, 5.41) is 1.22. The molecular formula is C17H19ClN2O5. The molecule has 25 heavy (non-hydrogen) atoms. The zero-order valence-electron chi connectivity index (χ0n) is 14.1. The molecule has 134 valence electrons. The van der Waals surface area contributed by atoms with Crippen molar-refractivity contribution in [2.24, 2.45) is 0 Å². The first-order valence-corrected chi connectivity index (χ1v) is 8.14. The van der Waals surface area contributed by atoms with Crippen LogP contribution in [0.1, 0.15) is 5.56 Å². The Kier molecular flexibility index (Phi) is 5.57. The Bertz CT molecular complexity index is 783. The van der Waals surface area contributed by atoms with Crippen LogP contribution >= 0.6 is 11.6 Å². The number of fused-ring (bicyclic) bond motifs is 2. The van der Waals surface area contributed by atoms with E-state index in [2.05, 4.69) is 4.98 Å². The monoisotopic (exact) mass is 366 g/mol. The lowest BCUT2D eigenvalue weighted by Gasteiger charge is -2.22. The highest BCUT2D eigenvalue weighted by atomic mass is 35.5. The van der Waals surface area contributed by atoms with Gasteiger partial charge in [0, 0.05) is 44.3 Å². The lowest BCUT2D eigenvalue weighted by Crippen LogP contribution is -2.36. The molecular weight excluding hydrogens is 348 g/mol. The summed E-state index contributed by atoms with van der Waals surface area (Å²) in [4.78, 5) is 18.3. The van der Waals surface area contributed by atoms with E-state index < -0.39 is 0 Å².